The summed E-state index contributed by atoms with van der Waals surface area (Å²) >= 11 is 0. The van der Waals surface area contributed by atoms with Crippen LogP contribution in [0.1, 0.15) is 36.3 Å². The first kappa shape index (κ1) is 13.1. The molecule has 1 aromatic rings. The molecule has 0 unspecified atom stereocenters. The Morgan fingerprint density at radius 1 is 1.41 bits per heavy atom. The fraction of sp³-hybridized carbons (Fsp3) is 0.455. The summed E-state index contributed by atoms with van der Waals surface area (Å²) in [5, 5.41) is 10.0. The number of hydrogen-bond acceptors (Lipinski definition) is 4. The van der Waals surface area contributed by atoms with Crippen molar-refractivity contribution in [1.29, 1.82) is 0 Å². The largest absolute Gasteiger partial charge is 0.364 e. The van der Waals surface area contributed by atoms with Crippen molar-refractivity contribution in [3.05, 3.63) is 17.3 Å². The zero-order chi connectivity index (χ0) is 13.0. The second-order valence-corrected chi connectivity index (χ2v) is 4.27. The zero-order valence-corrected chi connectivity index (χ0v) is 10.2. The molecule has 6 nitrogen and oxygen atoms in total. The van der Waals surface area contributed by atoms with Gasteiger partial charge in [-0.1, -0.05) is 13.8 Å². The van der Waals surface area contributed by atoms with Gasteiger partial charge in [0.15, 0.2) is 11.5 Å². The van der Waals surface area contributed by atoms with E-state index in [0.29, 0.717) is 17.8 Å². The molecule has 0 saturated heterocycles. The van der Waals surface area contributed by atoms with Crippen LogP contribution in [0.15, 0.2) is 6.07 Å². The predicted octanol–water partition coefficient (Wildman–Crippen LogP) is 0.869. The molecule has 0 spiro atoms. The number of hydrogen-bond donors (Lipinski definition) is 2. The molecular weight excluding hydrogens is 220 g/mol. The Kier molecular flexibility index (Phi) is 4.14. The molecule has 0 bridgehead atoms. The van der Waals surface area contributed by atoms with Gasteiger partial charge in [0, 0.05) is 6.42 Å². The molecule has 0 saturated carbocycles. The lowest BCUT2D eigenvalue weighted by atomic mass is 10.1. The Hall–Kier alpha value is -1.98. The molecular formula is C11H16N4O2. The Morgan fingerprint density at radius 3 is 2.53 bits per heavy atom. The quantitative estimate of drug-likeness (QED) is 0.810. The van der Waals surface area contributed by atoms with Gasteiger partial charge in [-0.2, -0.15) is 0 Å². The van der Waals surface area contributed by atoms with Crippen LogP contribution in [0.5, 0.6) is 0 Å². The number of aromatic nitrogens is 2. The minimum atomic E-state index is -0.630. The van der Waals surface area contributed by atoms with E-state index in [1.807, 2.05) is 13.8 Å². The van der Waals surface area contributed by atoms with Crippen molar-refractivity contribution < 1.29 is 9.59 Å². The summed E-state index contributed by atoms with van der Waals surface area (Å²) in [6, 6.07) is 1.57. The van der Waals surface area contributed by atoms with E-state index in [1.54, 1.807) is 13.0 Å². The average molecular weight is 236 g/mol. The molecule has 17 heavy (non-hydrogen) atoms. The monoisotopic (exact) mass is 236 g/mol. The number of primary amides is 1. The van der Waals surface area contributed by atoms with Crippen LogP contribution >= 0.6 is 0 Å². The minimum Gasteiger partial charge on any atom is -0.364 e. The van der Waals surface area contributed by atoms with Crippen molar-refractivity contribution in [2.75, 3.05) is 5.32 Å². The highest BCUT2D eigenvalue weighted by Crippen LogP contribution is 2.10. The van der Waals surface area contributed by atoms with Gasteiger partial charge in [0.2, 0.25) is 5.91 Å². The van der Waals surface area contributed by atoms with Crippen LogP contribution in [-0.4, -0.2) is 22.0 Å². The highest BCUT2D eigenvalue weighted by atomic mass is 16.2. The van der Waals surface area contributed by atoms with Gasteiger partial charge in [-0.15, -0.1) is 10.2 Å². The van der Waals surface area contributed by atoms with Gasteiger partial charge in [-0.3, -0.25) is 9.59 Å². The van der Waals surface area contributed by atoms with E-state index in [2.05, 4.69) is 15.5 Å². The summed E-state index contributed by atoms with van der Waals surface area (Å²) < 4.78 is 0. The van der Waals surface area contributed by atoms with Crippen molar-refractivity contribution in [1.82, 2.24) is 10.2 Å². The third kappa shape index (κ3) is 3.82. The summed E-state index contributed by atoms with van der Waals surface area (Å²) in [5.74, 6) is -0.150. The standard InChI is InChI=1S/C11H16N4O2/c1-6(2)4-9(16)13-8-5-7(3)10(11(12)17)15-14-8/h5-6H,4H2,1-3H3,(H2,12,17)(H,13,14,16). The second-order valence-electron chi connectivity index (χ2n) is 4.27. The zero-order valence-electron chi connectivity index (χ0n) is 10.2. The maximum Gasteiger partial charge on any atom is 0.269 e. The van der Waals surface area contributed by atoms with E-state index in [1.165, 1.54) is 0 Å². The lowest BCUT2D eigenvalue weighted by Crippen LogP contribution is -2.19. The smallest absolute Gasteiger partial charge is 0.269 e. The molecule has 0 atom stereocenters. The lowest BCUT2D eigenvalue weighted by molar-refractivity contribution is -0.116. The van der Waals surface area contributed by atoms with Crippen LogP contribution < -0.4 is 11.1 Å². The van der Waals surface area contributed by atoms with Crippen molar-refractivity contribution in [2.24, 2.45) is 11.7 Å². The van der Waals surface area contributed by atoms with Crippen LogP contribution in [0.3, 0.4) is 0 Å². The molecule has 0 aliphatic carbocycles. The van der Waals surface area contributed by atoms with Gasteiger partial charge in [0.25, 0.3) is 5.91 Å². The Labute approximate surface area is 99.6 Å². The molecule has 0 radical (unpaired) electrons. The van der Waals surface area contributed by atoms with E-state index < -0.39 is 5.91 Å². The number of nitrogens with zero attached hydrogens (tertiary/aromatic N) is 2. The van der Waals surface area contributed by atoms with E-state index in [-0.39, 0.29) is 17.5 Å². The van der Waals surface area contributed by atoms with E-state index in [0.717, 1.165) is 0 Å². The number of anilines is 1. The van der Waals surface area contributed by atoms with Gasteiger partial charge in [-0.05, 0) is 24.5 Å². The van der Waals surface area contributed by atoms with E-state index >= 15 is 0 Å². The van der Waals surface area contributed by atoms with Gasteiger partial charge in [-0.25, -0.2) is 0 Å². The van der Waals surface area contributed by atoms with Gasteiger partial charge >= 0.3 is 0 Å². The van der Waals surface area contributed by atoms with Crippen molar-refractivity contribution >= 4 is 17.6 Å². The van der Waals surface area contributed by atoms with Gasteiger partial charge in [0.05, 0.1) is 0 Å². The molecule has 2 amide bonds. The average Bonchev–Trinajstić information content (AvgIpc) is 2.15. The molecule has 0 fully saturated rings. The summed E-state index contributed by atoms with van der Waals surface area (Å²) in [7, 11) is 0. The molecule has 0 aliphatic heterocycles. The van der Waals surface area contributed by atoms with Crippen LogP contribution in [0, 0.1) is 12.8 Å². The highest BCUT2D eigenvalue weighted by molar-refractivity contribution is 5.93. The molecule has 1 heterocycles. The number of nitrogens with two attached hydrogens (primary N) is 1. The first-order chi connectivity index (χ1) is 7.90. The lowest BCUT2D eigenvalue weighted by Gasteiger charge is -2.07. The first-order valence-electron chi connectivity index (χ1n) is 5.34. The SMILES string of the molecule is Cc1cc(NC(=O)CC(C)C)nnc1C(N)=O. The fourth-order valence-electron chi connectivity index (χ4n) is 1.35. The predicted molar refractivity (Wildman–Crippen MR) is 63.4 cm³/mol. The molecule has 92 valence electrons. The number of carbonyl (C=O) groups excluding carboxylic acids is 2. The van der Waals surface area contributed by atoms with Crippen molar-refractivity contribution in [3.63, 3.8) is 0 Å². The second kappa shape index (κ2) is 5.38. The molecule has 0 aliphatic rings. The van der Waals surface area contributed by atoms with E-state index in [4.69, 9.17) is 5.73 Å². The third-order valence-electron chi connectivity index (χ3n) is 2.08. The summed E-state index contributed by atoms with van der Waals surface area (Å²) in [6.07, 6.45) is 0.415. The molecule has 1 rings (SSSR count). The maximum absolute atomic E-state index is 11.5. The van der Waals surface area contributed by atoms with E-state index in [9.17, 15) is 9.59 Å². The summed E-state index contributed by atoms with van der Waals surface area (Å²) in [4.78, 5) is 22.4. The van der Waals surface area contributed by atoms with Crippen LogP contribution in [0.4, 0.5) is 5.82 Å². The van der Waals surface area contributed by atoms with Crippen molar-refractivity contribution in [2.45, 2.75) is 27.2 Å². The number of carbonyl (C=O) groups is 2. The maximum atomic E-state index is 11.5. The summed E-state index contributed by atoms with van der Waals surface area (Å²) in [5.41, 5.74) is 5.81. The van der Waals surface area contributed by atoms with Crippen LogP contribution in [0.25, 0.3) is 0 Å². The topological polar surface area (TPSA) is 98.0 Å². The molecule has 1 aromatic heterocycles. The normalized spacial score (nSPS) is 10.4. The minimum absolute atomic E-state index is 0.117. The Balaban J connectivity index is 2.77. The Morgan fingerprint density at radius 2 is 2.06 bits per heavy atom. The molecule has 6 heteroatoms. The van der Waals surface area contributed by atoms with Crippen LogP contribution in [-0.2, 0) is 4.79 Å². The molecule has 3 N–H and O–H groups in total. The number of amides is 2. The number of nitrogens with one attached hydrogen (secondary N) is 1. The van der Waals surface area contributed by atoms with Crippen LogP contribution in [0.2, 0.25) is 0 Å². The third-order valence-corrected chi connectivity index (χ3v) is 2.08. The number of aryl methyl sites for hydroxylation is 1. The Bertz CT molecular complexity index is 443. The van der Waals surface area contributed by atoms with Gasteiger partial charge < -0.3 is 11.1 Å². The van der Waals surface area contributed by atoms with Crippen molar-refractivity contribution in [3.8, 4) is 0 Å². The fourth-order valence-corrected chi connectivity index (χ4v) is 1.35. The summed E-state index contributed by atoms with van der Waals surface area (Å²) in [6.45, 7) is 5.59. The first-order valence-corrected chi connectivity index (χ1v) is 5.34. The molecule has 0 aromatic carbocycles. The van der Waals surface area contributed by atoms with Gasteiger partial charge in [0.1, 0.15) is 0 Å². The highest BCUT2D eigenvalue weighted by Gasteiger charge is 2.11. The number of rotatable bonds is 4.